The molecule has 0 aliphatic carbocycles. The minimum Gasteiger partial charge on any atom is -0.465 e. The molecule has 1 N–H and O–H groups in total. The number of nitrogens with one attached hydrogen (secondary N) is 1. The maximum atomic E-state index is 12.0. The van der Waals surface area contributed by atoms with Gasteiger partial charge in [0.25, 0.3) is 0 Å². The van der Waals surface area contributed by atoms with E-state index in [2.05, 4.69) is 31.0 Å². The summed E-state index contributed by atoms with van der Waals surface area (Å²) in [5.41, 5.74) is -0.177. The maximum absolute atomic E-state index is 12.0. The lowest BCUT2D eigenvalue weighted by Gasteiger charge is -2.41. The summed E-state index contributed by atoms with van der Waals surface area (Å²) < 4.78 is 10.7. The number of carbonyl (C=O) groups excluding carboxylic acids is 1. The second-order valence-corrected chi connectivity index (χ2v) is 5.73. The molecule has 5 heteroatoms. The Morgan fingerprint density at radius 2 is 2.21 bits per heavy atom. The molecule has 19 heavy (non-hydrogen) atoms. The first-order valence-electron chi connectivity index (χ1n) is 7.09. The zero-order valence-corrected chi connectivity index (χ0v) is 12.9. The molecule has 0 bridgehead atoms. The summed E-state index contributed by atoms with van der Waals surface area (Å²) in [5, 5.41) is 3.26. The molecule has 2 unspecified atom stereocenters. The van der Waals surface area contributed by atoms with E-state index in [4.69, 9.17) is 9.47 Å². The van der Waals surface area contributed by atoms with Crippen molar-refractivity contribution < 1.29 is 14.3 Å². The predicted octanol–water partition coefficient (Wildman–Crippen LogP) is 1.03. The van der Waals surface area contributed by atoms with Crippen molar-refractivity contribution in [2.45, 2.75) is 51.8 Å². The lowest BCUT2D eigenvalue weighted by atomic mass is 9.97. The van der Waals surface area contributed by atoms with Crippen LogP contribution >= 0.6 is 0 Å². The van der Waals surface area contributed by atoms with E-state index < -0.39 is 0 Å². The summed E-state index contributed by atoms with van der Waals surface area (Å²) in [7, 11) is 1.73. The molecule has 1 saturated heterocycles. The molecule has 0 aromatic heterocycles. The molecule has 0 amide bonds. The van der Waals surface area contributed by atoms with Crippen molar-refractivity contribution in [3.63, 3.8) is 0 Å². The van der Waals surface area contributed by atoms with Crippen LogP contribution in [0.25, 0.3) is 0 Å². The molecule has 2 atom stereocenters. The fourth-order valence-corrected chi connectivity index (χ4v) is 2.62. The molecule has 0 aromatic rings. The van der Waals surface area contributed by atoms with Gasteiger partial charge in [-0.05, 0) is 34.1 Å². The van der Waals surface area contributed by atoms with Crippen LogP contribution in [0, 0.1) is 0 Å². The third-order valence-electron chi connectivity index (χ3n) is 3.75. The maximum Gasteiger partial charge on any atom is 0.324 e. The van der Waals surface area contributed by atoms with Crippen LogP contribution in [0.5, 0.6) is 0 Å². The van der Waals surface area contributed by atoms with Gasteiger partial charge in [-0.2, -0.15) is 0 Å². The lowest BCUT2D eigenvalue weighted by Crippen LogP contribution is -2.59. The highest BCUT2D eigenvalue weighted by atomic mass is 16.5. The molecule has 112 valence electrons. The molecule has 1 heterocycles. The second kappa shape index (κ2) is 7.22. The van der Waals surface area contributed by atoms with E-state index in [1.54, 1.807) is 7.11 Å². The molecule has 1 fully saturated rings. The molecule has 1 aliphatic heterocycles. The largest absolute Gasteiger partial charge is 0.465 e. The van der Waals surface area contributed by atoms with E-state index in [1.165, 1.54) is 0 Å². The van der Waals surface area contributed by atoms with Crippen molar-refractivity contribution in [3.05, 3.63) is 0 Å². The second-order valence-electron chi connectivity index (χ2n) is 5.73. The molecule has 0 aromatic carbocycles. The summed E-state index contributed by atoms with van der Waals surface area (Å²) in [4.78, 5) is 14.2. The lowest BCUT2D eigenvalue weighted by molar-refractivity contribution is -0.152. The Morgan fingerprint density at radius 3 is 2.79 bits per heavy atom. The number of ether oxygens (including phenoxy) is 2. The first kappa shape index (κ1) is 16.4. The quantitative estimate of drug-likeness (QED) is 0.732. The van der Waals surface area contributed by atoms with Gasteiger partial charge in [-0.15, -0.1) is 0 Å². The van der Waals surface area contributed by atoms with E-state index in [9.17, 15) is 4.79 Å². The number of rotatable bonds is 6. The highest BCUT2D eigenvalue weighted by molar-refractivity contribution is 5.76. The molecule has 0 spiro atoms. The van der Waals surface area contributed by atoms with Gasteiger partial charge in [0.05, 0.1) is 12.2 Å². The van der Waals surface area contributed by atoms with Crippen LogP contribution in [0.15, 0.2) is 0 Å². The number of methoxy groups -OCH3 is 1. The zero-order valence-electron chi connectivity index (χ0n) is 12.9. The number of piperazine rings is 1. The highest BCUT2D eigenvalue weighted by Gasteiger charge is 2.34. The van der Waals surface area contributed by atoms with Crippen LogP contribution in [-0.4, -0.2) is 61.9 Å². The first-order valence-corrected chi connectivity index (χ1v) is 7.09. The van der Waals surface area contributed by atoms with E-state index in [0.717, 1.165) is 19.5 Å². The van der Waals surface area contributed by atoms with Crippen LogP contribution in [0.3, 0.4) is 0 Å². The standard InChI is InChI=1S/C14H28N2O3/c1-6-19-13(17)12-10-15-7-8-16(12)11(2)9-14(3,4)18-5/h11-12,15H,6-10H2,1-5H3. The normalized spacial score (nSPS) is 23.1. The van der Waals surface area contributed by atoms with Gasteiger partial charge in [-0.25, -0.2) is 0 Å². The van der Waals surface area contributed by atoms with Crippen LogP contribution in [0.2, 0.25) is 0 Å². The van der Waals surface area contributed by atoms with Crippen molar-refractivity contribution in [3.8, 4) is 0 Å². The van der Waals surface area contributed by atoms with Gasteiger partial charge in [-0.1, -0.05) is 0 Å². The van der Waals surface area contributed by atoms with E-state index >= 15 is 0 Å². The Morgan fingerprint density at radius 1 is 1.53 bits per heavy atom. The van der Waals surface area contributed by atoms with E-state index in [0.29, 0.717) is 13.2 Å². The number of carbonyl (C=O) groups is 1. The third kappa shape index (κ3) is 4.75. The smallest absolute Gasteiger partial charge is 0.324 e. The topological polar surface area (TPSA) is 50.8 Å². The Bertz CT molecular complexity index is 294. The van der Waals surface area contributed by atoms with Crippen molar-refractivity contribution in [1.82, 2.24) is 10.2 Å². The zero-order chi connectivity index (χ0) is 14.5. The minimum atomic E-state index is -0.184. The molecule has 5 nitrogen and oxygen atoms in total. The van der Waals surface area contributed by atoms with Gasteiger partial charge in [0.2, 0.25) is 0 Å². The molecule has 1 aliphatic rings. The summed E-state index contributed by atoms with van der Waals surface area (Å²) in [5.74, 6) is -0.128. The van der Waals surface area contributed by atoms with Crippen LogP contribution in [0.1, 0.15) is 34.1 Å². The summed E-state index contributed by atoms with van der Waals surface area (Å²) in [6.45, 7) is 11.0. The summed E-state index contributed by atoms with van der Waals surface area (Å²) in [6, 6.07) is 0.0998. The van der Waals surface area contributed by atoms with Crippen LogP contribution < -0.4 is 5.32 Å². The minimum absolute atomic E-state index is 0.128. The number of hydrogen-bond donors (Lipinski definition) is 1. The number of nitrogens with zero attached hydrogens (tertiary/aromatic N) is 1. The Balaban J connectivity index is 2.68. The van der Waals surface area contributed by atoms with Gasteiger partial charge >= 0.3 is 5.97 Å². The fraction of sp³-hybridized carbons (Fsp3) is 0.929. The van der Waals surface area contributed by atoms with E-state index in [1.807, 2.05) is 6.92 Å². The summed E-state index contributed by atoms with van der Waals surface area (Å²) in [6.07, 6.45) is 0.888. The van der Waals surface area contributed by atoms with Gasteiger partial charge in [0.1, 0.15) is 6.04 Å². The SMILES string of the molecule is CCOC(=O)C1CNCCN1C(C)CC(C)(C)OC. The van der Waals surface area contributed by atoms with E-state index in [-0.39, 0.29) is 23.7 Å². The Hall–Kier alpha value is -0.650. The molecule has 0 saturated carbocycles. The number of esters is 1. The van der Waals surface area contributed by atoms with Gasteiger partial charge in [0.15, 0.2) is 0 Å². The van der Waals surface area contributed by atoms with Crippen molar-refractivity contribution in [1.29, 1.82) is 0 Å². The third-order valence-corrected chi connectivity index (χ3v) is 3.75. The highest BCUT2D eigenvalue weighted by Crippen LogP contribution is 2.21. The van der Waals surface area contributed by atoms with Crippen molar-refractivity contribution in [2.24, 2.45) is 0 Å². The molecular formula is C14H28N2O3. The van der Waals surface area contributed by atoms with Crippen molar-refractivity contribution >= 4 is 5.97 Å². The molecule has 0 radical (unpaired) electrons. The molecular weight excluding hydrogens is 244 g/mol. The van der Waals surface area contributed by atoms with Crippen molar-refractivity contribution in [2.75, 3.05) is 33.4 Å². The van der Waals surface area contributed by atoms with Gasteiger partial charge in [0, 0.05) is 32.8 Å². The van der Waals surface area contributed by atoms with Gasteiger partial charge in [-0.3, -0.25) is 9.69 Å². The number of hydrogen-bond acceptors (Lipinski definition) is 5. The predicted molar refractivity (Wildman–Crippen MR) is 75.2 cm³/mol. The molecule has 1 rings (SSSR count). The van der Waals surface area contributed by atoms with Gasteiger partial charge < -0.3 is 14.8 Å². The van der Waals surface area contributed by atoms with Crippen LogP contribution in [-0.2, 0) is 14.3 Å². The average molecular weight is 272 g/mol. The Kier molecular flexibility index (Phi) is 6.23. The summed E-state index contributed by atoms with van der Waals surface area (Å²) >= 11 is 0. The average Bonchev–Trinajstić information content (AvgIpc) is 2.38. The van der Waals surface area contributed by atoms with Crippen LogP contribution in [0.4, 0.5) is 0 Å². The first-order chi connectivity index (χ1) is 8.91. The fourth-order valence-electron chi connectivity index (χ4n) is 2.62. The monoisotopic (exact) mass is 272 g/mol. The Labute approximate surface area is 116 Å².